The van der Waals surface area contributed by atoms with Gasteiger partial charge in [0.15, 0.2) is 6.61 Å². The van der Waals surface area contributed by atoms with Crippen LogP contribution in [0.1, 0.15) is 25.2 Å². The number of ether oxygens (including phenoxy) is 1. The summed E-state index contributed by atoms with van der Waals surface area (Å²) >= 11 is 0. The van der Waals surface area contributed by atoms with Crippen LogP contribution in [0.15, 0.2) is 12.1 Å². The molecule has 106 valence electrons. The van der Waals surface area contributed by atoms with Gasteiger partial charge in [0.05, 0.1) is 5.69 Å². The Kier molecular flexibility index (Phi) is 6.29. The maximum atomic E-state index is 11.6. The minimum atomic E-state index is -0.107. The predicted molar refractivity (Wildman–Crippen MR) is 75.1 cm³/mol. The minimum absolute atomic E-state index is 0.0220. The fourth-order valence-corrected chi connectivity index (χ4v) is 1.54. The van der Waals surface area contributed by atoms with E-state index in [1.165, 1.54) is 0 Å². The monoisotopic (exact) mass is 265 g/mol. The Morgan fingerprint density at radius 3 is 2.79 bits per heavy atom. The van der Waals surface area contributed by atoms with Crippen molar-refractivity contribution in [2.24, 2.45) is 5.92 Å². The molecule has 0 spiro atoms. The van der Waals surface area contributed by atoms with E-state index >= 15 is 0 Å². The van der Waals surface area contributed by atoms with Crippen LogP contribution in [0.5, 0.6) is 5.75 Å². The number of pyridine rings is 1. The molecule has 1 amide bonds. The molecule has 0 saturated heterocycles. The van der Waals surface area contributed by atoms with Gasteiger partial charge in [-0.2, -0.15) is 0 Å². The molecule has 0 atom stereocenters. The van der Waals surface area contributed by atoms with Gasteiger partial charge in [-0.05, 0) is 32.0 Å². The number of rotatable bonds is 7. The van der Waals surface area contributed by atoms with Gasteiger partial charge >= 0.3 is 0 Å². The standard InChI is InChI=1S/C14H23N3O2/c1-10(2)7-16-14(18)9-19-13-6-5-11(3)17-12(13)8-15-4/h5-6,10,15H,7-9H2,1-4H3,(H,16,18). The summed E-state index contributed by atoms with van der Waals surface area (Å²) < 4.78 is 5.52. The maximum Gasteiger partial charge on any atom is 0.257 e. The van der Waals surface area contributed by atoms with Crippen LogP contribution < -0.4 is 15.4 Å². The van der Waals surface area contributed by atoms with Crippen molar-refractivity contribution in [3.8, 4) is 5.75 Å². The van der Waals surface area contributed by atoms with E-state index in [1.807, 2.05) is 26.1 Å². The lowest BCUT2D eigenvalue weighted by Gasteiger charge is -2.12. The van der Waals surface area contributed by atoms with Crippen molar-refractivity contribution in [2.45, 2.75) is 27.3 Å². The molecule has 0 aliphatic rings. The SMILES string of the molecule is CNCc1nc(C)ccc1OCC(=O)NCC(C)C. The molecule has 0 saturated carbocycles. The summed E-state index contributed by atoms with van der Waals surface area (Å²) in [5, 5.41) is 5.85. The zero-order valence-electron chi connectivity index (χ0n) is 12.1. The second kappa shape index (κ2) is 7.74. The number of hydrogen-bond donors (Lipinski definition) is 2. The summed E-state index contributed by atoms with van der Waals surface area (Å²) in [5.41, 5.74) is 1.75. The predicted octanol–water partition coefficient (Wildman–Crippen LogP) is 1.26. The van der Waals surface area contributed by atoms with E-state index in [0.29, 0.717) is 24.8 Å². The van der Waals surface area contributed by atoms with E-state index in [0.717, 1.165) is 11.4 Å². The summed E-state index contributed by atoms with van der Waals surface area (Å²) in [6, 6.07) is 3.73. The van der Waals surface area contributed by atoms with E-state index in [9.17, 15) is 4.79 Å². The van der Waals surface area contributed by atoms with Crippen molar-refractivity contribution in [1.29, 1.82) is 0 Å². The number of carbonyl (C=O) groups is 1. The van der Waals surface area contributed by atoms with Gasteiger partial charge in [-0.1, -0.05) is 13.8 Å². The van der Waals surface area contributed by atoms with Gasteiger partial charge in [0.25, 0.3) is 5.91 Å². The van der Waals surface area contributed by atoms with Crippen LogP contribution >= 0.6 is 0 Å². The summed E-state index contributed by atoms with van der Waals surface area (Å²) in [5.74, 6) is 0.981. The molecule has 0 unspecified atom stereocenters. The molecular weight excluding hydrogens is 242 g/mol. The Bertz CT molecular complexity index is 419. The molecule has 0 radical (unpaired) electrons. The second-order valence-corrected chi connectivity index (χ2v) is 4.91. The van der Waals surface area contributed by atoms with Crippen LogP contribution in [0.2, 0.25) is 0 Å². The molecular formula is C14H23N3O2. The number of aromatic nitrogens is 1. The van der Waals surface area contributed by atoms with Gasteiger partial charge in [0.1, 0.15) is 5.75 Å². The number of nitrogens with zero attached hydrogens (tertiary/aromatic N) is 1. The highest BCUT2D eigenvalue weighted by Gasteiger charge is 2.08. The molecule has 1 heterocycles. The highest BCUT2D eigenvalue weighted by atomic mass is 16.5. The Balaban J connectivity index is 2.54. The highest BCUT2D eigenvalue weighted by molar-refractivity contribution is 5.77. The fourth-order valence-electron chi connectivity index (χ4n) is 1.54. The Labute approximate surface area is 114 Å². The third-order valence-electron chi connectivity index (χ3n) is 2.48. The number of nitrogens with one attached hydrogen (secondary N) is 2. The second-order valence-electron chi connectivity index (χ2n) is 4.91. The topological polar surface area (TPSA) is 63.3 Å². The van der Waals surface area contributed by atoms with E-state index < -0.39 is 0 Å². The molecule has 0 bridgehead atoms. The van der Waals surface area contributed by atoms with Crippen LogP contribution in [-0.2, 0) is 11.3 Å². The number of aryl methyl sites for hydroxylation is 1. The average molecular weight is 265 g/mol. The van der Waals surface area contributed by atoms with Crippen molar-refractivity contribution in [3.63, 3.8) is 0 Å². The van der Waals surface area contributed by atoms with Gasteiger partial charge in [-0.25, -0.2) is 0 Å². The van der Waals surface area contributed by atoms with Gasteiger partial charge in [0, 0.05) is 18.8 Å². The molecule has 0 aliphatic heterocycles. The van der Waals surface area contributed by atoms with E-state index in [2.05, 4.69) is 29.5 Å². The van der Waals surface area contributed by atoms with Crippen LogP contribution in [0, 0.1) is 12.8 Å². The summed E-state index contributed by atoms with van der Waals surface area (Å²) in [6.07, 6.45) is 0. The summed E-state index contributed by atoms with van der Waals surface area (Å²) in [7, 11) is 1.85. The normalized spacial score (nSPS) is 10.6. The van der Waals surface area contributed by atoms with Crippen LogP contribution in [0.3, 0.4) is 0 Å². The molecule has 19 heavy (non-hydrogen) atoms. The zero-order chi connectivity index (χ0) is 14.3. The van der Waals surface area contributed by atoms with Crippen molar-refractivity contribution in [3.05, 3.63) is 23.5 Å². The molecule has 1 aromatic heterocycles. The molecule has 0 fully saturated rings. The van der Waals surface area contributed by atoms with Crippen molar-refractivity contribution in [2.75, 3.05) is 20.2 Å². The summed E-state index contributed by atoms with van der Waals surface area (Å²) in [6.45, 7) is 7.33. The first-order valence-electron chi connectivity index (χ1n) is 6.53. The Morgan fingerprint density at radius 2 is 2.16 bits per heavy atom. The minimum Gasteiger partial charge on any atom is -0.482 e. The Hall–Kier alpha value is -1.62. The Morgan fingerprint density at radius 1 is 1.42 bits per heavy atom. The smallest absolute Gasteiger partial charge is 0.257 e. The van der Waals surface area contributed by atoms with E-state index in [4.69, 9.17) is 4.74 Å². The summed E-state index contributed by atoms with van der Waals surface area (Å²) in [4.78, 5) is 16.0. The third kappa shape index (κ3) is 5.70. The highest BCUT2D eigenvalue weighted by Crippen LogP contribution is 2.16. The largest absolute Gasteiger partial charge is 0.482 e. The average Bonchev–Trinajstić information content (AvgIpc) is 2.35. The first kappa shape index (κ1) is 15.4. The number of amides is 1. The van der Waals surface area contributed by atoms with E-state index in [-0.39, 0.29) is 12.5 Å². The van der Waals surface area contributed by atoms with Gasteiger partial charge in [-0.15, -0.1) is 0 Å². The molecule has 1 aromatic rings. The van der Waals surface area contributed by atoms with Crippen LogP contribution in [-0.4, -0.2) is 31.1 Å². The zero-order valence-corrected chi connectivity index (χ0v) is 12.1. The lowest BCUT2D eigenvalue weighted by molar-refractivity contribution is -0.123. The van der Waals surface area contributed by atoms with E-state index in [1.54, 1.807) is 0 Å². The first-order valence-corrected chi connectivity index (χ1v) is 6.53. The quantitative estimate of drug-likeness (QED) is 0.779. The fraction of sp³-hybridized carbons (Fsp3) is 0.571. The van der Waals surface area contributed by atoms with Gasteiger partial charge in [0.2, 0.25) is 0 Å². The number of hydrogen-bond acceptors (Lipinski definition) is 4. The molecule has 1 rings (SSSR count). The first-order chi connectivity index (χ1) is 9.02. The van der Waals surface area contributed by atoms with Crippen molar-refractivity contribution in [1.82, 2.24) is 15.6 Å². The molecule has 0 aliphatic carbocycles. The van der Waals surface area contributed by atoms with Gasteiger partial charge in [-0.3, -0.25) is 9.78 Å². The molecule has 0 aromatic carbocycles. The van der Waals surface area contributed by atoms with Crippen molar-refractivity contribution < 1.29 is 9.53 Å². The van der Waals surface area contributed by atoms with Crippen molar-refractivity contribution >= 4 is 5.91 Å². The lowest BCUT2D eigenvalue weighted by Crippen LogP contribution is -2.32. The molecule has 5 nitrogen and oxygen atoms in total. The lowest BCUT2D eigenvalue weighted by atomic mass is 10.2. The molecule has 5 heteroatoms. The van der Waals surface area contributed by atoms with Crippen LogP contribution in [0.25, 0.3) is 0 Å². The third-order valence-corrected chi connectivity index (χ3v) is 2.48. The molecule has 2 N–H and O–H groups in total. The van der Waals surface area contributed by atoms with Crippen LogP contribution in [0.4, 0.5) is 0 Å². The maximum absolute atomic E-state index is 11.6. The van der Waals surface area contributed by atoms with Gasteiger partial charge < -0.3 is 15.4 Å². The number of carbonyl (C=O) groups excluding carboxylic acids is 1.